The van der Waals surface area contributed by atoms with Crippen LogP contribution < -0.4 is 5.73 Å². The van der Waals surface area contributed by atoms with Gasteiger partial charge in [-0.3, -0.25) is 0 Å². The lowest BCUT2D eigenvalue weighted by atomic mass is 10.2. The van der Waals surface area contributed by atoms with Gasteiger partial charge in [0.1, 0.15) is 5.52 Å². The first kappa shape index (κ1) is 12.8. The molecule has 0 radical (unpaired) electrons. The lowest BCUT2D eigenvalue weighted by Gasteiger charge is -1.98. The molecule has 0 amide bonds. The molecule has 0 aliphatic rings. The Kier molecular flexibility index (Phi) is 3.65. The SMILES string of the molecule is Nc1ccc2nc(SCc3ccc(I)cc3)oc2c1. The number of rotatable bonds is 3. The summed E-state index contributed by atoms with van der Waals surface area (Å²) in [7, 11) is 0. The van der Waals surface area contributed by atoms with Gasteiger partial charge in [-0.25, -0.2) is 4.98 Å². The lowest BCUT2D eigenvalue weighted by molar-refractivity contribution is 0.489. The van der Waals surface area contributed by atoms with E-state index in [1.54, 1.807) is 17.8 Å². The Bertz CT molecular complexity index is 709. The number of hydrogen-bond donors (Lipinski definition) is 1. The highest BCUT2D eigenvalue weighted by Gasteiger charge is 2.06. The minimum Gasteiger partial charge on any atom is -0.431 e. The van der Waals surface area contributed by atoms with Gasteiger partial charge in [0.2, 0.25) is 0 Å². The summed E-state index contributed by atoms with van der Waals surface area (Å²) >= 11 is 3.89. The lowest BCUT2D eigenvalue weighted by Crippen LogP contribution is -1.81. The van der Waals surface area contributed by atoms with Gasteiger partial charge >= 0.3 is 0 Å². The third kappa shape index (κ3) is 3.03. The maximum atomic E-state index is 5.72. The Morgan fingerprint density at radius 3 is 2.74 bits per heavy atom. The Balaban J connectivity index is 1.76. The second-order valence-corrected chi connectivity index (χ2v) is 6.29. The Hall–Kier alpha value is -1.21. The number of oxazole rings is 1. The molecule has 2 aromatic carbocycles. The average molecular weight is 382 g/mol. The number of halogens is 1. The number of thioether (sulfide) groups is 1. The van der Waals surface area contributed by atoms with Gasteiger partial charge < -0.3 is 10.2 Å². The van der Waals surface area contributed by atoms with Crippen molar-refractivity contribution in [1.29, 1.82) is 0 Å². The van der Waals surface area contributed by atoms with E-state index in [1.807, 2.05) is 12.1 Å². The van der Waals surface area contributed by atoms with Crippen molar-refractivity contribution in [2.45, 2.75) is 11.0 Å². The number of nitrogens with zero attached hydrogens (tertiary/aromatic N) is 1. The van der Waals surface area contributed by atoms with Crippen molar-refractivity contribution in [1.82, 2.24) is 4.98 Å². The number of anilines is 1. The normalized spacial score (nSPS) is 11.0. The van der Waals surface area contributed by atoms with E-state index in [1.165, 1.54) is 9.13 Å². The summed E-state index contributed by atoms with van der Waals surface area (Å²) in [5.74, 6) is 0.846. The summed E-state index contributed by atoms with van der Waals surface area (Å²) in [6.45, 7) is 0. The highest BCUT2D eigenvalue weighted by atomic mass is 127. The van der Waals surface area contributed by atoms with Gasteiger partial charge in [0.15, 0.2) is 5.58 Å². The van der Waals surface area contributed by atoms with E-state index in [2.05, 4.69) is 51.8 Å². The van der Waals surface area contributed by atoms with Gasteiger partial charge in [-0.2, -0.15) is 0 Å². The minimum atomic E-state index is 0.680. The fourth-order valence-electron chi connectivity index (χ4n) is 1.71. The predicted octanol–water partition coefficient (Wildman–Crippen LogP) is 4.31. The van der Waals surface area contributed by atoms with E-state index >= 15 is 0 Å². The molecule has 0 fully saturated rings. The number of fused-ring (bicyclic) bond motifs is 1. The van der Waals surface area contributed by atoms with Crippen LogP contribution in [0, 0.1) is 3.57 Å². The maximum Gasteiger partial charge on any atom is 0.257 e. The van der Waals surface area contributed by atoms with Crippen LogP contribution in [0.5, 0.6) is 0 Å². The summed E-state index contributed by atoms with van der Waals surface area (Å²) in [6, 6.07) is 14.0. The van der Waals surface area contributed by atoms with Gasteiger partial charge in [-0.05, 0) is 52.4 Å². The first-order valence-electron chi connectivity index (χ1n) is 5.74. The van der Waals surface area contributed by atoms with Gasteiger partial charge in [0.05, 0.1) is 0 Å². The number of aromatic nitrogens is 1. The zero-order chi connectivity index (χ0) is 13.2. The number of nitrogens with two attached hydrogens (primary N) is 1. The van der Waals surface area contributed by atoms with E-state index in [9.17, 15) is 0 Å². The fourth-order valence-corrected chi connectivity index (χ4v) is 2.86. The topological polar surface area (TPSA) is 52.0 Å². The molecule has 19 heavy (non-hydrogen) atoms. The molecule has 0 saturated heterocycles. The maximum absolute atomic E-state index is 5.72. The van der Waals surface area contributed by atoms with Gasteiger partial charge in [0, 0.05) is 21.1 Å². The molecule has 0 atom stereocenters. The molecule has 3 nitrogen and oxygen atoms in total. The van der Waals surface area contributed by atoms with Crippen LogP contribution in [0.2, 0.25) is 0 Å². The van der Waals surface area contributed by atoms with Crippen LogP contribution in [0.4, 0.5) is 5.69 Å². The second kappa shape index (κ2) is 5.42. The molecule has 3 aromatic rings. The molecule has 96 valence electrons. The Morgan fingerprint density at radius 2 is 1.95 bits per heavy atom. The van der Waals surface area contributed by atoms with Gasteiger partial charge in [0.25, 0.3) is 5.22 Å². The molecule has 3 rings (SSSR count). The zero-order valence-electron chi connectivity index (χ0n) is 9.97. The predicted molar refractivity (Wildman–Crippen MR) is 87.1 cm³/mol. The average Bonchev–Trinajstić information content (AvgIpc) is 2.80. The second-order valence-electron chi connectivity index (χ2n) is 4.12. The summed E-state index contributed by atoms with van der Waals surface area (Å²) in [6.07, 6.45) is 0. The van der Waals surface area contributed by atoms with Crippen molar-refractivity contribution in [3.63, 3.8) is 0 Å². The molecular weight excluding hydrogens is 371 g/mol. The summed E-state index contributed by atoms with van der Waals surface area (Å²) in [5, 5.41) is 0.680. The van der Waals surface area contributed by atoms with Crippen molar-refractivity contribution in [2.75, 3.05) is 5.73 Å². The van der Waals surface area contributed by atoms with Crippen LogP contribution >= 0.6 is 34.4 Å². The van der Waals surface area contributed by atoms with Crippen molar-refractivity contribution in [3.05, 3.63) is 51.6 Å². The van der Waals surface area contributed by atoms with E-state index in [-0.39, 0.29) is 0 Å². The quantitative estimate of drug-likeness (QED) is 0.417. The smallest absolute Gasteiger partial charge is 0.257 e. The Morgan fingerprint density at radius 1 is 1.16 bits per heavy atom. The van der Waals surface area contributed by atoms with Crippen molar-refractivity contribution < 1.29 is 4.42 Å². The summed E-state index contributed by atoms with van der Waals surface area (Å²) < 4.78 is 6.90. The molecule has 0 saturated carbocycles. The monoisotopic (exact) mass is 382 g/mol. The molecule has 0 aliphatic carbocycles. The molecule has 0 spiro atoms. The zero-order valence-corrected chi connectivity index (χ0v) is 12.9. The standard InChI is InChI=1S/C14H11IN2OS/c15-10-3-1-9(2-4-10)8-19-14-17-12-6-5-11(16)7-13(12)18-14/h1-7H,8,16H2. The van der Waals surface area contributed by atoms with Crippen molar-refractivity contribution >= 4 is 51.1 Å². The van der Waals surface area contributed by atoms with Gasteiger partial charge in [-0.1, -0.05) is 23.9 Å². The van der Waals surface area contributed by atoms with Crippen LogP contribution in [-0.4, -0.2) is 4.98 Å². The molecule has 2 N–H and O–H groups in total. The highest BCUT2D eigenvalue weighted by Crippen LogP contribution is 2.27. The van der Waals surface area contributed by atoms with E-state index in [4.69, 9.17) is 10.2 Å². The van der Waals surface area contributed by atoms with Crippen LogP contribution in [0.25, 0.3) is 11.1 Å². The van der Waals surface area contributed by atoms with Crippen molar-refractivity contribution in [3.8, 4) is 0 Å². The molecule has 0 unspecified atom stereocenters. The third-order valence-corrected chi connectivity index (χ3v) is 4.29. The molecule has 1 heterocycles. The number of nitrogen functional groups attached to an aromatic ring is 1. The number of benzene rings is 2. The Labute approximate surface area is 128 Å². The number of hydrogen-bond acceptors (Lipinski definition) is 4. The minimum absolute atomic E-state index is 0.680. The van der Waals surface area contributed by atoms with E-state index in [0.29, 0.717) is 10.9 Å². The fraction of sp³-hybridized carbons (Fsp3) is 0.0714. The summed E-state index contributed by atoms with van der Waals surface area (Å²) in [5.41, 5.74) is 9.25. The van der Waals surface area contributed by atoms with Crippen LogP contribution in [0.15, 0.2) is 52.1 Å². The van der Waals surface area contributed by atoms with Crippen LogP contribution in [0.3, 0.4) is 0 Å². The molecule has 0 aliphatic heterocycles. The molecule has 1 aromatic heterocycles. The van der Waals surface area contributed by atoms with E-state index in [0.717, 1.165) is 16.9 Å². The molecule has 0 bridgehead atoms. The van der Waals surface area contributed by atoms with Crippen LogP contribution in [-0.2, 0) is 5.75 Å². The van der Waals surface area contributed by atoms with Crippen LogP contribution in [0.1, 0.15) is 5.56 Å². The first-order valence-corrected chi connectivity index (χ1v) is 7.80. The van der Waals surface area contributed by atoms with Gasteiger partial charge in [-0.15, -0.1) is 0 Å². The summed E-state index contributed by atoms with van der Waals surface area (Å²) in [4.78, 5) is 4.43. The van der Waals surface area contributed by atoms with Crippen molar-refractivity contribution in [2.24, 2.45) is 0 Å². The van der Waals surface area contributed by atoms with E-state index < -0.39 is 0 Å². The third-order valence-electron chi connectivity index (χ3n) is 2.67. The highest BCUT2D eigenvalue weighted by molar-refractivity contribution is 14.1. The largest absolute Gasteiger partial charge is 0.431 e. The molecular formula is C14H11IN2OS. The first-order chi connectivity index (χ1) is 9.20. The molecule has 5 heteroatoms.